The van der Waals surface area contributed by atoms with E-state index in [1.807, 2.05) is 0 Å². The predicted octanol–water partition coefficient (Wildman–Crippen LogP) is 3.01. The SMILES string of the molecule is Cl.Nc1ccccc1NC(=O)C1CCN(S(=O)(=O)c2cc(F)ccc2F)CC1. The molecule has 0 aromatic heterocycles. The maximum Gasteiger partial charge on any atom is 0.246 e. The summed E-state index contributed by atoms with van der Waals surface area (Å²) in [6.45, 7) is 0.0846. The van der Waals surface area contributed by atoms with Gasteiger partial charge in [-0.25, -0.2) is 17.2 Å². The fraction of sp³-hybridized carbons (Fsp3) is 0.278. The number of para-hydroxylation sites is 2. The fourth-order valence-corrected chi connectivity index (χ4v) is 4.56. The number of hydrogen-bond acceptors (Lipinski definition) is 4. The van der Waals surface area contributed by atoms with Crippen molar-refractivity contribution in [3.8, 4) is 0 Å². The largest absolute Gasteiger partial charge is 0.397 e. The van der Waals surface area contributed by atoms with Crippen LogP contribution in [0.4, 0.5) is 20.2 Å². The molecular formula is C18H20ClF2N3O3S. The molecule has 1 saturated heterocycles. The number of amides is 1. The summed E-state index contributed by atoms with van der Waals surface area (Å²) in [6, 6.07) is 9.15. The summed E-state index contributed by atoms with van der Waals surface area (Å²) in [5.41, 5.74) is 6.74. The van der Waals surface area contributed by atoms with Crippen molar-refractivity contribution >= 4 is 39.7 Å². The Kier molecular flexibility index (Phi) is 6.97. The topological polar surface area (TPSA) is 92.5 Å². The van der Waals surface area contributed by atoms with Crippen LogP contribution < -0.4 is 11.1 Å². The number of hydrogen-bond donors (Lipinski definition) is 2. The third-order valence-electron chi connectivity index (χ3n) is 4.55. The van der Waals surface area contributed by atoms with Crippen molar-refractivity contribution in [1.82, 2.24) is 4.31 Å². The van der Waals surface area contributed by atoms with Gasteiger partial charge in [0, 0.05) is 19.0 Å². The van der Waals surface area contributed by atoms with Crippen molar-refractivity contribution in [3.05, 3.63) is 54.1 Å². The van der Waals surface area contributed by atoms with Gasteiger partial charge in [-0.1, -0.05) is 12.1 Å². The molecule has 0 spiro atoms. The summed E-state index contributed by atoms with van der Waals surface area (Å²) in [4.78, 5) is 11.7. The Balaban J connectivity index is 0.00000280. The van der Waals surface area contributed by atoms with Gasteiger partial charge in [0.15, 0.2) is 0 Å². The van der Waals surface area contributed by atoms with Gasteiger partial charge in [-0.15, -0.1) is 12.4 Å². The minimum Gasteiger partial charge on any atom is -0.397 e. The molecule has 152 valence electrons. The van der Waals surface area contributed by atoms with E-state index in [0.717, 1.165) is 16.4 Å². The van der Waals surface area contributed by atoms with E-state index in [4.69, 9.17) is 5.73 Å². The van der Waals surface area contributed by atoms with Crippen LogP contribution in [0.2, 0.25) is 0 Å². The Morgan fingerprint density at radius 2 is 1.75 bits per heavy atom. The Morgan fingerprint density at radius 3 is 2.39 bits per heavy atom. The third-order valence-corrected chi connectivity index (χ3v) is 6.47. The molecule has 0 unspecified atom stereocenters. The zero-order valence-electron chi connectivity index (χ0n) is 14.8. The van der Waals surface area contributed by atoms with Crippen LogP contribution in [0.1, 0.15) is 12.8 Å². The van der Waals surface area contributed by atoms with Crippen molar-refractivity contribution in [2.75, 3.05) is 24.1 Å². The van der Waals surface area contributed by atoms with E-state index < -0.39 is 32.5 Å². The van der Waals surface area contributed by atoms with Crippen LogP contribution in [-0.4, -0.2) is 31.7 Å². The van der Waals surface area contributed by atoms with E-state index in [1.165, 1.54) is 0 Å². The second-order valence-corrected chi connectivity index (χ2v) is 8.24. The van der Waals surface area contributed by atoms with Crippen LogP contribution in [0.15, 0.2) is 47.4 Å². The summed E-state index contributed by atoms with van der Waals surface area (Å²) in [5.74, 6) is -2.48. The van der Waals surface area contributed by atoms with E-state index in [-0.39, 0.29) is 44.2 Å². The average Bonchev–Trinajstić information content (AvgIpc) is 2.65. The van der Waals surface area contributed by atoms with Crippen LogP contribution in [0.25, 0.3) is 0 Å². The monoisotopic (exact) mass is 431 g/mol. The van der Waals surface area contributed by atoms with Crippen molar-refractivity contribution in [1.29, 1.82) is 0 Å². The normalized spacial score (nSPS) is 15.6. The van der Waals surface area contributed by atoms with Gasteiger partial charge in [-0.3, -0.25) is 4.79 Å². The number of piperidine rings is 1. The van der Waals surface area contributed by atoms with Gasteiger partial charge in [-0.05, 0) is 43.2 Å². The number of nitrogens with one attached hydrogen (secondary N) is 1. The number of carbonyl (C=O) groups excluding carboxylic acids is 1. The second-order valence-electron chi connectivity index (χ2n) is 6.33. The second kappa shape index (κ2) is 8.85. The standard InChI is InChI=1S/C18H19F2N3O3S.ClH/c19-13-5-6-14(20)17(11-13)27(25,26)23-9-7-12(8-10-23)18(24)22-16-4-2-1-3-15(16)21;/h1-6,11-12H,7-10,21H2,(H,22,24);1H. The molecule has 0 atom stereocenters. The third kappa shape index (κ3) is 4.60. The highest BCUT2D eigenvalue weighted by Gasteiger charge is 2.33. The summed E-state index contributed by atoms with van der Waals surface area (Å²) in [7, 11) is -4.16. The van der Waals surface area contributed by atoms with Gasteiger partial charge in [0.25, 0.3) is 0 Å². The molecule has 3 rings (SSSR count). The molecule has 1 amide bonds. The van der Waals surface area contributed by atoms with Crippen LogP contribution >= 0.6 is 12.4 Å². The molecule has 2 aromatic rings. The zero-order chi connectivity index (χ0) is 19.6. The quantitative estimate of drug-likeness (QED) is 0.728. The summed E-state index contributed by atoms with van der Waals surface area (Å²) in [6.07, 6.45) is 0.545. The lowest BCUT2D eigenvalue weighted by Crippen LogP contribution is -2.41. The predicted molar refractivity (Wildman–Crippen MR) is 105 cm³/mol. The highest BCUT2D eigenvalue weighted by molar-refractivity contribution is 7.89. The first kappa shape index (κ1) is 22.1. The number of carbonyl (C=O) groups is 1. The molecule has 1 fully saturated rings. The molecule has 0 saturated carbocycles. The van der Waals surface area contributed by atoms with Gasteiger partial charge < -0.3 is 11.1 Å². The lowest BCUT2D eigenvalue weighted by molar-refractivity contribution is -0.120. The Labute approximate surface area is 168 Å². The molecule has 28 heavy (non-hydrogen) atoms. The molecule has 0 bridgehead atoms. The van der Waals surface area contributed by atoms with E-state index in [0.29, 0.717) is 17.4 Å². The van der Waals surface area contributed by atoms with E-state index in [1.54, 1.807) is 24.3 Å². The Hall–Kier alpha value is -2.23. The van der Waals surface area contributed by atoms with E-state index in [9.17, 15) is 22.0 Å². The van der Waals surface area contributed by atoms with Crippen LogP contribution in [-0.2, 0) is 14.8 Å². The number of nitrogen functional groups attached to an aromatic ring is 1. The van der Waals surface area contributed by atoms with Crippen LogP contribution in [0.3, 0.4) is 0 Å². The van der Waals surface area contributed by atoms with Crippen molar-refractivity contribution in [3.63, 3.8) is 0 Å². The molecule has 1 aliphatic rings. The molecular weight excluding hydrogens is 412 g/mol. The van der Waals surface area contributed by atoms with Crippen LogP contribution in [0.5, 0.6) is 0 Å². The summed E-state index contributed by atoms with van der Waals surface area (Å²) < 4.78 is 53.4. The summed E-state index contributed by atoms with van der Waals surface area (Å²) >= 11 is 0. The highest BCUT2D eigenvalue weighted by Crippen LogP contribution is 2.27. The smallest absolute Gasteiger partial charge is 0.246 e. The number of nitrogens with two attached hydrogens (primary N) is 1. The van der Waals surface area contributed by atoms with Crippen LogP contribution in [0, 0.1) is 17.6 Å². The van der Waals surface area contributed by atoms with Gasteiger partial charge in [0.1, 0.15) is 16.5 Å². The number of rotatable bonds is 4. The first-order chi connectivity index (χ1) is 12.8. The Bertz CT molecular complexity index is 964. The van der Waals surface area contributed by atoms with Crippen molar-refractivity contribution < 1.29 is 22.0 Å². The molecule has 10 heteroatoms. The van der Waals surface area contributed by atoms with Crippen molar-refractivity contribution in [2.45, 2.75) is 17.7 Å². The molecule has 6 nitrogen and oxygen atoms in total. The minimum absolute atomic E-state index is 0. The average molecular weight is 432 g/mol. The maximum atomic E-state index is 13.9. The molecule has 3 N–H and O–H groups in total. The minimum atomic E-state index is -4.16. The highest BCUT2D eigenvalue weighted by atomic mass is 35.5. The fourth-order valence-electron chi connectivity index (χ4n) is 3.02. The lowest BCUT2D eigenvalue weighted by atomic mass is 9.97. The van der Waals surface area contributed by atoms with Gasteiger partial charge >= 0.3 is 0 Å². The first-order valence-corrected chi connectivity index (χ1v) is 9.83. The van der Waals surface area contributed by atoms with Gasteiger partial charge in [0.2, 0.25) is 15.9 Å². The van der Waals surface area contributed by atoms with Crippen molar-refractivity contribution in [2.24, 2.45) is 5.92 Å². The summed E-state index contributed by atoms with van der Waals surface area (Å²) in [5, 5.41) is 2.74. The number of nitrogens with zero attached hydrogens (tertiary/aromatic N) is 1. The maximum absolute atomic E-state index is 13.9. The molecule has 0 radical (unpaired) electrons. The van der Waals surface area contributed by atoms with E-state index in [2.05, 4.69) is 5.32 Å². The van der Waals surface area contributed by atoms with E-state index >= 15 is 0 Å². The number of sulfonamides is 1. The number of halogens is 3. The first-order valence-electron chi connectivity index (χ1n) is 8.39. The molecule has 0 aliphatic carbocycles. The molecule has 1 heterocycles. The molecule has 2 aromatic carbocycles. The Morgan fingerprint density at radius 1 is 1.11 bits per heavy atom. The van der Waals surface area contributed by atoms with Gasteiger partial charge in [0.05, 0.1) is 11.4 Å². The molecule has 1 aliphatic heterocycles. The number of anilines is 2. The van der Waals surface area contributed by atoms with Gasteiger partial charge in [-0.2, -0.15) is 4.31 Å². The zero-order valence-corrected chi connectivity index (χ0v) is 16.4. The lowest BCUT2D eigenvalue weighted by Gasteiger charge is -2.30. The number of benzene rings is 2.